The molecule has 0 aliphatic heterocycles. The van der Waals surface area contributed by atoms with Gasteiger partial charge in [0.1, 0.15) is 18.1 Å². The fourth-order valence-electron chi connectivity index (χ4n) is 3.24. The molecular formula is C26H21BrN2O3. The van der Waals surface area contributed by atoms with Crippen LogP contribution in [0.4, 0.5) is 0 Å². The third kappa shape index (κ3) is 5.15. The molecule has 0 bridgehead atoms. The zero-order chi connectivity index (χ0) is 22.3. The lowest BCUT2D eigenvalue weighted by molar-refractivity contribution is 0.0952. The lowest BCUT2D eigenvalue weighted by atomic mass is 10.1. The van der Waals surface area contributed by atoms with Crippen LogP contribution in [0.5, 0.6) is 11.5 Å². The summed E-state index contributed by atoms with van der Waals surface area (Å²) in [6.07, 6.45) is 1.58. The zero-order valence-electron chi connectivity index (χ0n) is 17.4. The number of carbonyl (C=O) groups excluding carboxylic acids is 1. The Bertz CT molecular complexity index is 1270. The Morgan fingerprint density at radius 1 is 0.938 bits per heavy atom. The van der Waals surface area contributed by atoms with Gasteiger partial charge in [0.15, 0.2) is 0 Å². The number of hydrazone groups is 1. The van der Waals surface area contributed by atoms with Crippen molar-refractivity contribution in [3.05, 3.63) is 106 Å². The molecule has 0 heterocycles. The molecule has 32 heavy (non-hydrogen) atoms. The summed E-state index contributed by atoms with van der Waals surface area (Å²) in [6, 6.07) is 27.0. The molecule has 0 saturated carbocycles. The van der Waals surface area contributed by atoms with Gasteiger partial charge in [0.2, 0.25) is 0 Å². The van der Waals surface area contributed by atoms with Crippen LogP contribution in [0, 0.1) is 0 Å². The Labute approximate surface area is 194 Å². The van der Waals surface area contributed by atoms with Crippen LogP contribution in [0.25, 0.3) is 10.8 Å². The first kappa shape index (κ1) is 21.6. The van der Waals surface area contributed by atoms with E-state index in [0.717, 1.165) is 32.1 Å². The summed E-state index contributed by atoms with van der Waals surface area (Å²) in [5, 5.41) is 6.06. The third-order valence-corrected chi connectivity index (χ3v) is 5.50. The number of hydrogen-bond donors (Lipinski definition) is 1. The maximum atomic E-state index is 12.7. The van der Waals surface area contributed by atoms with Gasteiger partial charge in [-0.3, -0.25) is 4.79 Å². The molecule has 4 aromatic carbocycles. The monoisotopic (exact) mass is 488 g/mol. The van der Waals surface area contributed by atoms with Crippen molar-refractivity contribution in [2.24, 2.45) is 5.10 Å². The number of halogens is 1. The van der Waals surface area contributed by atoms with Gasteiger partial charge in [0.25, 0.3) is 5.91 Å². The second-order valence-corrected chi connectivity index (χ2v) is 7.92. The average Bonchev–Trinajstić information content (AvgIpc) is 2.83. The Kier molecular flexibility index (Phi) is 6.82. The minimum Gasteiger partial charge on any atom is -0.496 e. The second kappa shape index (κ2) is 10.1. The molecule has 4 aromatic rings. The molecule has 160 valence electrons. The molecule has 0 spiro atoms. The number of ether oxygens (including phenoxy) is 2. The number of rotatable bonds is 7. The summed E-state index contributed by atoms with van der Waals surface area (Å²) < 4.78 is 12.1. The van der Waals surface area contributed by atoms with E-state index in [2.05, 4.69) is 26.5 Å². The maximum absolute atomic E-state index is 12.7. The van der Waals surface area contributed by atoms with Crippen LogP contribution in [0.3, 0.4) is 0 Å². The lowest BCUT2D eigenvalue weighted by Gasteiger charge is -2.09. The molecule has 0 aliphatic carbocycles. The summed E-state index contributed by atoms with van der Waals surface area (Å²) in [6.45, 7) is 0.483. The van der Waals surface area contributed by atoms with Crippen molar-refractivity contribution in [3.8, 4) is 11.5 Å². The molecule has 5 nitrogen and oxygen atoms in total. The Morgan fingerprint density at radius 2 is 1.66 bits per heavy atom. The third-order valence-electron chi connectivity index (χ3n) is 4.89. The number of nitrogens with zero attached hydrogens (tertiary/aromatic N) is 1. The van der Waals surface area contributed by atoms with Crippen LogP contribution in [-0.4, -0.2) is 19.2 Å². The van der Waals surface area contributed by atoms with Crippen molar-refractivity contribution >= 4 is 38.8 Å². The summed E-state index contributed by atoms with van der Waals surface area (Å²) >= 11 is 3.53. The molecular weight excluding hydrogens is 468 g/mol. The topological polar surface area (TPSA) is 59.9 Å². The average molecular weight is 489 g/mol. The van der Waals surface area contributed by atoms with Crippen molar-refractivity contribution < 1.29 is 14.3 Å². The maximum Gasteiger partial charge on any atom is 0.275 e. The lowest BCUT2D eigenvalue weighted by Crippen LogP contribution is -2.18. The second-order valence-electron chi connectivity index (χ2n) is 7.06. The quantitative estimate of drug-likeness (QED) is 0.258. The van der Waals surface area contributed by atoms with Gasteiger partial charge in [0, 0.05) is 0 Å². The highest BCUT2D eigenvalue weighted by Gasteiger charge is 2.13. The highest BCUT2D eigenvalue weighted by molar-refractivity contribution is 9.10. The van der Waals surface area contributed by atoms with Crippen LogP contribution < -0.4 is 14.9 Å². The molecule has 1 amide bonds. The van der Waals surface area contributed by atoms with Gasteiger partial charge in [-0.05, 0) is 68.2 Å². The van der Waals surface area contributed by atoms with Gasteiger partial charge in [-0.1, -0.05) is 54.6 Å². The van der Waals surface area contributed by atoms with Crippen molar-refractivity contribution in [1.29, 1.82) is 0 Å². The van der Waals surface area contributed by atoms with Gasteiger partial charge < -0.3 is 9.47 Å². The molecule has 0 aliphatic rings. The highest BCUT2D eigenvalue weighted by Crippen LogP contribution is 2.27. The Hall–Kier alpha value is -3.64. The van der Waals surface area contributed by atoms with Gasteiger partial charge in [-0.2, -0.15) is 5.10 Å². The van der Waals surface area contributed by atoms with Crippen LogP contribution in [-0.2, 0) is 6.61 Å². The molecule has 6 heteroatoms. The number of methoxy groups -OCH3 is 1. The van der Waals surface area contributed by atoms with Crippen molar-refractivity contribution in [1.82, 2.24) is 5.43 Å². The van der Waals surface area contributed by atoms with E-state index < -0.39 is 0 Å². The van der Waals surface area contributed by atoms with Crippen molar-refractivity contribution in [3.63, 3.8) is 0 Å². The summed E-state index contributed by atoms with van der Waals surface area (Å²) in [7, 11) is 1.54. The molecule has 0 radical (unpaired) electrons. The number of carbonyl (C=O) groups is 1. The van der Waals surface area contributed by atoms with Gasteiger partial charge in [0.05, 0.1) is 23.4 Å². The van der Waals surface area contributed by atoms with Crippen molar-refractivity contribution in [2.75, 3.05) is 7.11 Å². The van der Waals surface area contributed by atoms with E-state index in [-0.39, 0.29) is 5.91 Å². The smallest absolute Gasteiger partial charge is 0.275 e. The first-order valence-corrected chi connectivity index (χ1v) is 10.8. The van der Waals surface area contributed by atoms with Crippen LogP contribution in [0.15, 0.2) is 94.5 Å². The number of fused-ring (bicyclic) bond motifs is 1. The molecule has 4 rings (SSSR count). The van der Waals surface area contributed by atoms with Gasteiger partial charge in [-0.15, -0.1) is 0 Å². The highest BCUT2D eigenvalue weighted by atomic mass is 79.9. The first-order valence-electron chi connectivity index (χ1n) is 10.0. The fourth-order valence-corrected chi connectivity index (χ4v) is 3.75. The molecule has 1 N–H and O–H groups in total. The van der Waals surface area contributed by atoms with Crippen molar-refractivity contribution in [2.45, 2.75) is 6.61 Å². The minimum atomic E-state index is -0.342. The van der Waals surface area contributed by atoms with Crippen LogP contribution in [0.2, 0.25) is 0 Å². The Balaban J connectivity index is 1.42. The van der Waals surface area contributed by atoms with Crippen LogP contribution in [0.1, 0.15) is 21.5 Å². The van der Waals surface area contributed by atoms with E-state index in [1.165, 1.54) is 0 Å². The fraction of sp³-hybridized carbons (Fsp3) is 0.0769. The van der Waals surface area contributed by atoms with E-state index in [9.17, 15) is 4.79 Å². The normalized spacial score (nSPS) is 10.9. The summed E-state index contributed by atoms with van der Waals surface area (Å²) in [5.41, 5.74) is 4.91. The van der Waals surface area contributed by atoms with E-state index >= 15 is 0 Å². The number of amides is 1. The van der Waals surface area contributed by atoms with Gasteiger partial charge in [-0.25, -0.2) is 5.43 Å². The predicted molar refractivity (Wildman–Crippen MR) is 130 cm³/mol. The van der Waals surface area contributed by atoms with Crippen LogP contribution >= 0.6 is 15.9 Å². The van der Waals surface area contributed by atoms with E-state index in [4.69, 9.17) is 9.47 Å². The van der Waals surface area contributed by atoms with E-state index in [1.807, 2.05) is 78.9 Å². The van der Waals surface area contributed by atoms with E-state index in [1.54, 1.807) is 19.4 Å². The number of benzene rings is 4. The predicted octanol–water partition coefficient (Wildman–Crippen LogP) is 5.95. The molecule has 0 atom stereocenters. The Morgan fingerprint density at radius 3 is 2.38 bits per heavy atom. The molecule has 0 saturated heterocycles. The SMILES string of the molecule is COc1cc2ccccc2cc1C(=O)N/N=C\c1ccc(OCc2ccccc2)c(Br)c1. The number of hydrogen-bond acceptors (Lipinski definition) is 4. The van der Waals surface area contributed by atoms with E-state index in [0.29, 0.717) is 17.9 Å². The summed E-state index contributed by atoms with van der Waals surface area (Å²) in [4.78, 5) is 12.7. The largest absolute Gasteiger partial charge is 0.496 e. The summed E-state index contributed by atoms with van der Waals surface area (Å²) in [5.74, 6) is 0.890. The van der Waals surface area contributed by atoms with Gasteiger partial charge >= 0.3 is 0 Å². The molecule has 0 aromatic heterocycles. The zero-order valence-corrected chi connectivity index (χ0v) is 19.0. The molecule has 0 unspecified atom stereocenters. The number of nitrogens with one attached hydrogen (secondary N) is 1. The molecule has 0 fully saturated rings. The first-order chi connectivity index (χ1) is 15.6. The minimum absolute atomic E-state index is 0.342. The standard InChI is InChI=1S/C26H21BrN2O3/c1-31-25-15-21-10-6-5-9-20(21)14-22(25)26(30)29-28-16-19-11-12-24(23(27)13-19)32-17-18-7-3-2-4-8-18/h2-16H,17H2,1H3,(H,29,30)/b28-16-.